The first kappa shape index (κ1) is 17.2. The zero-order valence-corrected chi connectivity index (χ0v) is 14.9. The molecule has 0 saturated carbocycles. The van der Waals surface area contributed by atoms with Crippen molar-refractivity contribution < 1.29 is 14.3 Å². The summed E-state index contributed by atoms with van der Waals surface area (Å²) < 4.78 is 5.72. The number of hydrogen-bond acceptors (Lipinski definition) is 3. The van der Waals surface area contributed by atoms with Gasteiger partial charge in [-0.3, -0.25) is 9.59 Å². The molecule has 0 saturated heterocycles. The molecule has 0 atom stereocenters. The molecule has 0 aromatic heterocycles. The van der Waals surface area contributed by atoms with Crippen LogP contribution >= 0.6 is 0 Å². The topological polar surface area (TPSA) is 46.6 Å². The maximum atomic E-state index is 12.3. The molecule has 0 fully saturated rings. The van der Waals surface area contributed by atoms with Crippen LogP contribution in [0.3, 0.4) is 0 Å². The summed E-state index contributed by atoms with van der Waals surface area (Å²) in [5, 5.41) is 0. The van der Waals surface area contributed by atoms with Gasteiger partial charge in [0.25, 0.3) is 11.7 Å². The molecule has 2 aromatic rings. The Morgan fingerprint density at radius 1 is 1.04 bits per heavy atom. The van der Waals surface area contributed by atoms with Crippen LogP contribution in [0.25, 0.3) is 0 Å². The standard InChI is InChI=1S/C21H23NO3/c1-14(2)11-12-25-17-9-7-16(8-10-17)13-22-19-15(3)5-4-6-18(19)20(23)21(22)24/h4-10,14H,11-13H2,1-3H3. The summed E-state index contributed by atoms with van der Waals surface area (Å²) in [6.45, 7) is 7.34. The van der Waals surface area contributed by atoms with Gasteiger partial charge >= 0.3 is 0 Å². The van der Waals surface area contributed by atoms with Crippen LogP contribution in [0.5, 0.6) is 5.75 Å². The lowest BCUT2D eigenvalue weighted by Crippen LogP contribution is -2.29. The highest BCUT2D eigenvalue weighted by Gasteiger charge is 2.36. The molecule has 0 bridgehead atoms. The van der Waals surface area contributed by atoms with E-state index in [-0.39, 0.29) is 0 Å². The number of hydrogen-bond donors (Lipinski definition) is 0. The largest absolute Gasteiger partial charge is 0.494 e. The van der Waals surface area contributed by atoms with E-state index >= 15 is 0 Å². The minimum atomic E-state index is -0.457. The molecule has 25 heavy (non-hydrogen) atoms. The fourth-order valence-electron chi connectivity index (χ4n) is 2.98. The minimum Gasteiger partial charge on any atom is -0.494 e. The average Bonchev–Trinajstić information content (AvgIpc) is 2.82. The molecule has 1 aliphatic rings. The van der Waals surface area contributed by atoms with E-state index in [9.17, 15) is 9.59 Å². The highest BCUT2D eigenvalue weighted by molar-refractivity contribution is 6.52. The van der Waals surface area contributed by atoms with Crippen molar-refractivity contribution in [3.8, 4) is 5.75 Å². The van der Waals surface area contributed by atoms with Gasteiger partial charge in [0.15, 0.2) is 0 Å². The first-order valence-electron chi connectivity index (χ1n) is 8.65. The second kappa shape index (κ2) is 7.09. The van der Waals surface area contributed by atoms with E-state index in [1.165, 1.54) is 0 Å². The molecule has 1 aliphatic heterocycles. The van der Waals surface area contributed by atoms with Crippen LogP contribution in [-0.4, -0.2) is 18.3 Å². The van der Waals surface area contributed by atoms with Gasteiger partial charge in [0.2, 0.25) is 0 Å². The number of anilines is 1. The van der Waals surface area contributed by atoms with Crippen LogP contribution in [0.4, 0.5) is 5.69 Å². The Kier molecular flexibility index (Phi) is 4.88. The number of aryl methyl sites for hydroxylation is 1. The molecule has 0 unspecified atom stereocenters. The van der Waals surface area contributed by atoms with Gasteiger partial charge in [-0.15, -0.1) is 0 Å². The third-order valence-electron chi connectivity index (χ3n) is 4.42. The van der Waals surface area contributed by atoms with Crippen LogP contribution < -0.4 is 9.64 Å². The number of carbonyl (C=O) groups excluding carboxylic acids is 2. The number of Topliss-reactive ketones (excluding diaryl/α,β-unsaturated/α-hetero) is 1. The molecular weight excluding hydrogens is 314 g/mol. The summed E-state index contributed by atoms with van der Waals surface area (Å²) in [7, 11) is 0. The number of amides is 1. The predicted molar refractivity (Wildman–Crippen MR) is 98.1 cm³/mol. The Morgan fingerprint density at radius 2 is 1.76 bits per heavy atom. The van der Waals surface area contributed by atoms with Gasteiger partial charge in [0, 0.05) is 0 Å². The summed E-state index contributed by atoms with van der Waals surface area (Å²) in [6.07, 6.45) is 1.02. The van der Waals surface area contributed by atoms with Crippen molar-refractivity contribution in [1.29, 1.82) is 0 Å². The normalized spacial score (nSPS) is 13.5. The number of ether oxygens (including phenoxy) is 1. The van der Waals surface area contributed by atoms with E-state index in [0.29, 0.717) is 24.6 Å². The maximum absolute atomic E-state index is 12.3. The van der Waals surface area contributed by atoms with Crippen molar-refractivity contribution in [3.05, 3.63) is 59.2 Å². The fourth-order valence-corrected chi connectivity index (χ4v) is 2.98. The zero-order chi connectivity index (χ0) is 18.0. The quantitative estimate of drug-likeness (QED) is 0.744. The molecule has 1 heterocycles. The van der Waals surface area contributed by atoms with Crippen LogP contribution in [0.1, 0.15) is 41.8 Å². The molecule has 4 nitrogen and oxygen atoms in total. The predicted octanol–water partition coefficient (Wildman–Crippen LogP) is 4.15. The van der Waals surface area contributed by atoms with Crippen LogP contribution in [0.2, 0.25) is 0 Å². The lowest BCUT2D eigenvalue weighted by molar-refractivity contribution is -0.114. The fraction of sp³-hybridized carbons (Fsp3) is 0.333. The third kappa shape index (κ3) is 3.58. The molecule has 3 rings (SSSR count). The highest BCUT2D eigenvalue weighted by atomic mass is 16.5. The van der Waals surface area contributed by atoms with Crippen molar-refractivity contribution in [1.82, 2.24) is 0 Å². The van der Waals surface area contributed by atoms with Crippen LogP contribution in [0.15, 0.2) is 42.5 Å². The first-order chi connectivity index (χ1) is 12.0. The van der Waals surface area contributed by atoms with E-state index in [1.54, 1.807) is 11.0 Å². The summed E-state index contributed by atoms with van der Waals surface area (Å²) in [4.78, 5) is 26.1. The van der Waals surface area contributed by atoms with Crippen molar-refractivity contribution in [2.45, 2.75) is 33.7 Å². The van der Waals surface area contributed by atoms with Crippen molar-refractivity contribution in [2.24, 2.45) is 5.92 Å². The zero-order valence-electron chi connectivity index (χ0n) is 14.9. The van der Waals surface area contributed by atoms with E-state index in [4.69, 9.17) is 4.74 Å². The van der Waals surface area contributed by atoms with Crippen molar-refractivity contribution in [3.63, 3.8) is 0 Å². The van der Waals surface area contributed by atoms with Crippen LogP contribution in [0, 0.1) is 12.8 Å². The van der Waals surface area contributed by atoms with Gasteiger partial charge in [-0.05, 0) is 48.6 Å². The van der Waals surface area contributed by atoms with Gasteiger partial charge in [-0.25, -0.2) is 0 Å². The van der Waals surface area contributed by atoms with E-state index < -0.39 is 11.7 Å². The second-order valence-electron chi connectivity index (χ2n) is 6.87. The Labute approximate surface area is 148 Å². The first-order valence-corrected chi connectivity index (χ1v) is 8.65. The smallest absolute Gasteiger partial charge is 0.299 e. The highest BCUT2D eigenvalue weighted by Crippen LogP contribution is 2.33. The molecule has 0 aliphatic carbocycles. The second-order valence-corrected chi connectivity index (χ2v) is 6.87. The molecule has 0 spiro atoms. The lowest BCUT2D eigenvalue weighted by Gasteiger charge is -2.18. The van der Waals surface area contributed by atoms with Gasteiger partial charge < -0.3 is 9.64 Å². The SMILES string of the molecule is Cc1cccc2c1N(Cc1ccc(OCCC(C)C)cc1)C(=O)C2=O. The molecule has 0 N–H and O–H groups in total. The number of fused-ring (bicyclic) bond motifs is 1. The van der Waals surface area contributed by atoms with Crippen LogP contribution in [-0.2, 0) is 11.3 Å². The molecule has 2 aromatic carbocycles. The van der Waals surface area contributed by atoms with E-state index in [2.05, 4.69) is 13.8 Å². The summed E-state index contributed by atoms with van der Waals surface area (Å²) in [6, 6.07) is 13.2. The van der Waals surface area contributed by atoms with Crippen molar-refractivity contribution >= 4 is 17.4 Å². The Balaban J connectivity index is 1.73. The third-order valence-corrected chi connectivity index (χ3v) is 4.42. The summed E-state index contributed by atoms with van der Waals surface area (Å²) in [5.74, 6) is 0.556. The number of carbonyl (C=O) groups is 2. The summed E-state index contributed by atoms with van der Waals surface area (Å²) in [5.41, 5.74) is 3.13. The Morgan fingerprint density at radius 3 is 2.44 bits per heavy atom. The Hall–Kier alpha value is -2.62. The van der Waals surface area contributed by atoms with E-state index in [0.717, 1.165) is 29.0 Å². The molecular formula is C21H23NO3. The van der Waals surface area contributed by atoms with Gasteiger partial charge in [0.05, 0.1) is 24.4 Å². The minimum absolute atomic E-state index is 0.384. The number of benzene rings is 2. The number of rotatable bonds is 6. The monoisotopic (exact) mass is 337 g/mol. The number of para-hydroxylation sites is 1. The lowest BCUT2D eigenvalue weighted by atomic mass is 10.1. The average molecular weight is 337 g/mol. The molecule has 0 radical (unpaired) electrons. The van der Waals surface area contributed by atoms with Gasteiger partial charge in [0.1, 0.15) is 5.75 Å². The Bertz CT molecular complexity index is 793. The molecule has 130 valence electrons. The molecule has 4 heteroatoms. The maximum Gasteiger partial charge on any atom is 0.299 e. The van der Waals surface area contributed by atoms with Gasteiger partial charge in [-0.2, -0.15) is 0 Å². The summed E-state index contributed by atoms with van der Waals surface area (Å²) >= 11 is 0. The van der Waals surface area contributed by atoms with E-state index in [1.807, 2.05) is 43.3 Å². The number of ketones is 1. The molecule has 1 amide bonds. The van der Waals surface area contributed by atoms with Crippen molar-refractivity contribution in [2.75, 3.05) is 11.5 Å². The number of nitrogens with zero attached hydrogens (tertiary/aromatic N) is 1. The van der Waals surface area contributed by atoms with Gasteiger partial charge in [-0.1, -0.05) is 38.1 Å².